The van der Waals surface area contributed by atoms with Gasteiger partial charge in [-0.1, -0.05) is 18.2 Å². The summed E-state index contributed by atoms with van der Waals surface area (Å²) < 4.78 is 10.9. The van der Waals surface area contributed by atoms with E-state index in [-0.39, 0.29) is 0 Å². The molecule has 0 saturated carbocycles. The highest BCUT2D eigenvalue weighted by molar-refractivity contribution is 5.33. The summed E-state index contributed by atoms with van der Waals surface area (Å²) >= 11 is 0. The average Bonchev–Trinajstić information content (AvgIpc) is 2.43. The van der Waals surface area contributed by atoms with Gasteiger partial charge in [0.15, 0.2) is 0 Å². The highest BCUT2D eigenvalue weighted by Gasteiger charge is 2.07. The predicted octanol–water partition coefficient (Wildman–Crippen LogP) is 3.42. The molecule has 1 N–H and O–H groups in total. The minimum absolute atomic E-state index is 0.340. The highest BCUT2D eigenvalue weighted by atomic mass is 16.5. The van der Waals surface area contributed by atoms with E-state index in [0.29, 0.717) is 12.1 Å². The Morgan fingerprint density at radius 2 is 1.85 bits per heavy atom. The van der Waals surface area contributed by atoms with E-state index in [1.807, 2.05) is 12.1 Å². The second-order valence-corrected chi connectivity index (χ2v) is 5.50. The molecule has 0 heterocycles. The SMILES string of the molecule is COc1ccccc1CC(C)NCCCCOC(C)C. The first-order valence-corrected chi connectivity index (χ1v) is 7.60. The number of ether oxygens (including phenoxy) is 2. The molecule has 0 spiro atoms. The van der Waals surface area contributed by atoms with Crippen molar-refractivity contribution in [3.05, 3.63) is 29.8 Å². The van der Waals surface area contributed by atoms with E-state index < -0.39 is 0 Å². The lowest BCUT2D eigenvalue weighted by Crippen LogP contribution is -2.29. The number of rotatable bonds is 10. The molecule has 1 rings (SSSR count). The van der Waals surface area contributed by atoms with E-state index in [0.717, 1.165) is 38.2 Å². The number of unbranched alkanes of at least 4 members (excludes halogenated alkanes) is 1. The number of hydrogen-bond acceptors (Lipinski definition) is 3. The van der Waals surface area contributed by atoms with Crippen LogP contribution in [0.3, 0.4) is 0 Å². The largest absolute Gasteiger partial charge is 0.496 e. The molecule has 0 fully saturated rings. The van der Waals surface area contributed by atoms with Gasteiger partial charge >= 0.3 is 0 Å². The highest BCUT2D eigenvalue weighted by Crippen LogP contribution is 2.18. The van der Waals surface area contributed by atoms with Crippen molar-refractivity contribution in [2.24, 2.45) is 0 Å². The fraction of sp³-hybridized carbons (Fsp3) is 0.647. The molecule has 0 bridgehead atoms. The van der Waals surface area contributed by atoms with E-state index in [2.05, 4.69) is 38.2 Å². The Balaban J connectivity index is 2.18. The Morgan fingerprint density at radius 1 is 1.10 bits per heavy atom. The first-order valence-electron chi connectivity index (χ1n) is 7.60. The Hall–Kier alpha value is -1.06. The maximum atomic E-state index is 5.53. The van der Waals surface area contributed by atoms with Gasteiger partial charge in [-0.05, 0) is 58.2 Å². The summed E-state index contributed by atoms with van der Waals surface area (Å²) in [5, 5.41) is 3.56. The molecule has 1 aromatic carbocycles. The molecule has 20 heavy (non-hydrogen) atoms. The lowest BCUT2D eigenvalue weighted by atomic mass is 10.1. The molecule has 0 aliphatic rings. The fourth-order valence-electron chi connectivity index (χ4n) is 2.17. The van der Waals surface area contributed by atoms with E-state index >= 15 is 0 Å². The molecule has 0 aliphatic carbocycles. The minimum Gasteiger partial charge on any atom is -0.496 e. The molecule has 3 heteroatoms. The third-order valence-electron chi connectivity index (χ3n) is 3.23. The first-order chi connectivity index (χ1) is 9.63. The lowest BCUT2D eigenvalue weighted by molar-refractivity contribution is 0.0759. The molecule has 3 nitrogen and oxygen atoms in total. The molecule has 114 valence electrons. The van der Waals surface area contributed by atoms with Crippen LogP contribution in [-0.2, 0) is 11.2 Å². The summed E-state index contributed by atoms with van der Waals surface area (Å²) in [4.78, 5) is 0. The van der Waals surface area contributed by atoms with Crippen molar-refractivity contribution >= 4 is 0 Å². The van der Waals surface area contributed by atoms with Crippen LogP contribution in [0.25, 0.3) is 0 Å². The number of benzene rings is 1. The topological polar surface area (TPSA) is 30.5 Å². The Morgan fingerprint density at radius 3 is 2.55 bits per heavy atom. The molecule has 0 radical (unpaired) electrons. The number of hydrogen-bond donors (Lipinski definition) is 1. The van der Waals surface area contributed by atoms with E-state index in [1.54, 1.807) is 7.11 Å². The predicted molar refractivity (Wildman–Crippen MR) is 84.5 cm³/mol. The first kappa shape index (κ1) is 17.0. The molecule has 1 unspecified atom stereocenters. The van der Waals surface area contributed by atoms with E-state index in [9.17, 15) is 0 Å². The van der Waals surface area contributed by atoms with Gasteiger partial charge in [-0.3, -0.25) is 0 Å². The van der Waals surface area contributed by atoms with Crippen LogP contribution in [0.1, 0.15) is 39.2 Å². The number of nitrogens with one attached hydrogen (secondary N) is 1. The summed E-state index contributed by atoms with van der Waals surface area (Å²) in [6.45, 7) is 8.27. The quantitative estimate of drug-likeness (QED) is 0.666. The van der Waals surface area contributed by atoms with Gasteiger partial charge in [0, 0.05) is 12.6 Å². The zero-order valence-corrected chi connectivity index (χ0v) is 13.3. The number of para-hydroxylation sites is 1. The minimum atomic E-state index is 0.340. The normalized spacial score (nSPS) is 12.7. The second kappa shape index (κ2) is 9.78. The summed E-state index contributed by atoms with van der Waals surface area (Å²) in [7, 11) is 1.73. The second-order valence-electron chi connectivity index (χ2n) is 5.50. The van der Waals surface area contributed by atoms with Gasteiger partial charge in [0.2, 0.25) is 0 Å². The third-order valence-corrected chi connectivity index (χ3v) is 3.23. The summed E-state index contributed by atoms with van der Waals surface area (Å²) in [5.74, 6) is 0.978. The Kier molecular flexibility index (Phi) is 8.31. The van der Waals surface area contributed by atoms with Gasteiger partial charge < -0.3 is 14.8 Å². The van der Waals surface area contributed by atoms with Gasteiger partial charge in [-0.25, -0.2) is 0 Å². The standard InChI is InChI=1S/C17H29NO2/c1-14(2)20-12-8-7-11-18-15(3)13-16-9-5-6-10-17(16)19-4/h5-6,9-10,14-15,18H,7-8,11-13H2,1-4H3. The van der Waals surface area contributed by atoms with Crippen molar-refractivity contribution in [1.82, 2.24) is 5.32 Å². The lowest BCUT2D eigenvalue weighted by Gasteiger charge is -2.16. The van der Waals surface area contributed by atoms with Crippen molar-refractivity contribution < 1.29 is 9.47 Å². The molecule has 1 atom stereocenters. The van der Waals surface area contributed by atoms with Gasteiger partial charge in [0.25, 0.3) is 0 Å². The van der Waals surface area contributed by atoms with Crippen molar-refractivity contribution in [3.8, 4) is 5.75 Å². The number of methoxy groups -OCH3 is 1. The summed E-state index contributed by atoms with van der Waals surface area (Å²) in [5.41, 5.74) is 1.26. The van der Waals surface area contributed by atoms with Crippen molar-refractivity contribution in [1.29, 1.82) is 0 Å². The van der Waals surface area contributed by atoms with Crippen LogP contribution in [0.2, 0.25) is 0 Å². The van der Waals surface area contributed by atoms with Crippen LogP contribution in [0.5, 0.6) is 5.75 Å². The van der Waals surface area contributed by atoms with Gasteiger partial charge in [-0.15, -0.1) is 0 Å². The molecular formula is C17H29NO2. The van der Waals surface area contributed by atoms with Crippen LogP contribution in [0, 0.1) is 0 Å². The van der Waals surface area contributed by atoms with Crippen LogP contribution < -0.4 is 10.1 Å². The monoisotopic (exact) mass is 279 g/mol. The third kappa shape index (κ3) is 6.92. The van der Waals surface area contributed by atoms with Gasteiger partial charge in [0.1, 0.15) is 5.75 Å². The van der Waals surface area contributed by atoms with Crippen LogP contribution >= 0.6 is 0 Å². The van der Waals surface area contributed by atoms with Crippen LogP contribution in [-0.4, -0.2) is 32.4 Å². The van der Waals surface area contributed by atoms with Crippen molar-refractivity contribution in [2.45, 2.75) is 52.2 Å². The zero-order chi connectivity index (χ0) is 14.8. The molecule has 0 saturated heterocycles. The summed E-state index contributed by atoms with van der Waals surface area (Å²) in [6, 6.07) is 8.68. The molecule has 0 aromatic heterocycles. The van der Waals surface area contributed by atoms with Crippen molar-refractivity contribution in [2.75, 3.05) is 20.3 Å². The fourth-order valence-corrected chi connectivity index (χ4v) is 2.17. The van der Waals surface area contributed by atoms with Crippen LogP contribution in [0.15, 0.2) is 24.3 Å². The Labute approximate surface area is 123 Å². The maximum absolute atomic E-state index is 5.53. The molecule has 0 aliphatic heterocycles. The molecule has 0 amide bonds. The van der Waals surface area contributed by atoms with Gasteiger partial charge in [0.05, 0.1) is 13.2 Å². The maximum Gasteiger partial charge on any atom is 0.122 e. The van der Waals surface area contributed by atoms with Gasteiger partial charge in [-0.2, -0.15) is 0 Å². The molecular weight excluding hydrogens is 250 g/mol. The van der Waals surface area contributed by atoms with Crippen LogP contribution in [0.4, 0.5) is 0 Å². The van der Waals surface area contributed by atoms with Crippen molar-refractivity contribution in [3.63, 3.8) is 0 Å². The average molecular weight is 279 g/mol. The smallest absolute Gasteiger partial charge is 0.122 e. The van der Waals surface area contributed by atoms with E-state index in [1.165, 1.54) is 5.56 Å². The van der Waals surface area contributed by atoms with E-state index in [4.69, 9.17) is 9.47 Å². The zero-order valence-electron chi connectivity index (χ0n) is 13.3. The Bertz CT molecular complexity index is 366. The molecule has 1 aromatic rings. The summed E-state index contributed by atoms with van der Waals surface area (Å²) in [6.07, 6.45) is 3.61.